The standard InChI is InChI=1S/C17H24BrNO2/c1-11(2)13-9-8-12(3)10-17(13,16(20)21)19-15-7-5-4-6-14(15)18/h4-7,11-13,19H,8-10H2,1-3H3,(H,20,21). The fraction of sp³-hybridized carbons (Fsp3) is 0.588. The van der Waals surface area contributed by atoms with Gasteiger partial charge in [0.15, 0.2) is 0 Å². The molecule has 1 aromatic carbocycles. The number of halogens is 1. The third-order valence-electron chi connectivity index (χ3n) is 4.69. The molecule has 1 aliphatic rings. The van der Waals surface area contributed by atoms with Crippen LogP contribution in [0.1, 0.15) is 40.0 Å². The Morgan fingerprint density at radius 1 is 1.38 bits per heavy atom. The van der Waals surface area contributed by atoms with Gasteiger partial charge in [0, 0.05) is 10.2 Å². The van der Waals surface area contributed by atoms with Crippen molar-refractivity contribution in [2.45, 2.75) is 45.6 Å². The molecule has 1 aromatic rings. The topological polar surface area (TPSA) is 49.3 Å². The van der Waals surface area contributed by atoms with Gasteiger partial charge in [-0.1, -0.05) is 39.3 Å². The van der Waals surface area contributed by atoms with Crippen molar-refractivity contribution in [1.29, 1.82) is 0 Å². The molecule has 0 aliphatic heterocycles. The molecule has 0 bridgehead atoms. The summed E-state index contributed by atoms with van der Waals surface area (Å²) in [5, 5.41) is 13.4. The highest BCUT2D eigenvalue weighted by atomic mass is 79.9. The van der Waals surface area contributed by atoms with Crippen LogP contribution in [-0.4, -0.2) is 16.6 Å². The number of anilines is 1. The first kappa shape index (κ1) is 16.3. The quantitative estimate of drug-likeness (QED) is 0.818. The molecule has 0 radical (unpaired) electrons. The number of rotatable bonds is 4. The minimum absolute atomic E-state index is 0.137. The number of carbonyl (C=O) groups is 1. The molecule has 1 saturated carbocycles. The van der Waals surface area contributed by atoms with E-state index < -0.39 is 11.5 Å². The second-order valence-corrected chi connectivity index (χ2v) is 7.47. The Bertz CT molecular complexity index is 517. The lowest BCUT2D eigenvalue weighted by atomic mass is 9.64. The highest BCUT2D eigenvalue weighted by Gasteiger charge is 2.50. The van der Waals surface area contributed by atoms with Crippen molar-refractivity contribution in [2.24, 2.45) is 17.8 Å². The molecule has 0 spiro atoms. The van der Waals surface area contributed by atoms with Gasteiger partial charge in [0.1, 0.15) is 5.54 Å². The van der Waals surface area contributed by atoms with E-state index in [-0.39, 0.29) is 5.92 Å². The van der Waals surface area contributed by atoms with E-state index in [1.54, 1.807) is 0 Å². The van der Waals surface area contributed by atoms with Crippen molar-refractivity contribution in [3.8, 4) is 0 Å². The SMILES string of the molecule is CC1CCC(C(C)C)C(Nc2ccccc2Br)(C(=O)O)C1. The van der Waals surface area contributed by atoms with Crippen LogP contribution in [0.3, 0.4) is 0 Å². The second-order valence-electron chi connectivity index (χ2n) is 6.62. The van der Waals surface area contributed by atoms with Crippen molar-refractivity contribution in [2.75, 3.05) is 5.32 Å². The summed E-state index contributed by atoms with van der Waals surface area (Å²) in [6.45, 7) is 6.40. The minimum Gasteiger partial charge on any atom is -0.479 e. The number of hydrogen-bond donors (Lipinski definition) is 2. The van der Waals surface area contributed by atoms with Gasteiger partial charge in [0.05, 0.1) is 0 Å². The fourth-order valence-corrected chi connectivity index (χ4v) is 4.05. The van der Waals surface area contributed by atoms with E-state index in [0.717, 1.165) is 23.0 Å². The lowest BCUT2D eigenvalue weighted by Crippen LogP contribution is -2.57. The zero-order valence-corrected chi connectivity index (χ0v) is 14.5. The summed E-state index contributed by atoms with van der Waals surface area (Å²) in [5.74, 6) is 0.163. The van der Waals surface area contributed by atoms with E-state index in [9.17, 15) is 9.90 Å². The molecule has 0 heterocycles. The van der Waals surface area contributed by atoms with Crippen molar-refractivity contribution in [3.63, 3.8) is 0 Å². The maximum Gasteiger partial charge on any atom is 0.329 e. The average Bonchev–Trinajstić information content (AvgIpc) is 2.41. The van der Waals surface area contributed by atoms with Gasteiger partial charge < -0.3 is 10.4 Å². The summed E-state index contributed by atoms with van der Waals surface area (Å²) in [4.78, 5) is 12.2. The third-order valence-corrected chi connectivity index (χ3v) is 5.38. The lowest BCUT2D eigenvalue weighted by molar-refractivity contribution is -0.147. The van der Waals surface area contributed by atoms with Gasteiger partial charge in [-0.05, 0) is 58.7 Å². The summed E-state index contributed by atoms with van der Waals surface area (Å²) in [5.41, 5.74) is -0.0185. The Morgan fingerprint density at radius 2 is 2.05 bits per heavy atom. The molecule has 0 amide bonds. The number of hydrogen-bond acceptors (Lipinski definition) is 2. The van der Waals surface area contributed by atoms with Crippen LogP contribution in [0.4, 0.5) is 5.69 Å². The molecule has 3 atom stereocenters. The number of carboxylic acid groups (broad SMARTS) is 1. The molecule has 0 aromatic heterocycles. The average molecular weight is 354 g/mol. The molecule has 3 unspecified atom stereocenters. The predicted molar refractivity (Wildman–Crippen MR) is 89.5 cm³/mol. The molecule has 4 heteroatoms. The molecular formula is C17H24BrNO2. The van der Waals surface area contributed by atoms with Crippen molar-refractivity contribution >= 4 is 27.6 Å². The van der Waals surface area contributed by atoms with E-state index in [2.05, 4.69) is 42.0 Å². The molecule has 2 rings (SSSR count). The van der Waals surface area contributed by atoms with Crippen molar-refractivity contribution < 1.29 is 9.90 Å². The highest BCUT2D eigenvalue weighted by Crippen LogP contribution is 2.44. The van der Waals surface area contributed by atoms with Crippen LogP contribution in [0.5, 0.6) is 0 Å². The number of para-hydroxylation sites is 1. The van der Waals surface area contributed by atoms with Crippen molar-refractivity contribution in [1.82, 2.24) is 0 Å². The lowest BCUT2D eigenvalue weighted by Gasteiger charge is -2.46. The van der Waals surface area contributed by atoms with E-state index in [0.29, 0.717) is 18.3 Å². The summed E-state index contributed by atoms with van der Waals surface area (Å²) in [6, 6.07) is 7.74. The molecule has 1 fully saturated rings. The maximum atomic E-state index is 12.2. The number of aliphatic carboxylic acids is 1. The van der Waals surface area contributed by atoms with Gasteiger partial charge in [0.25, 0.3) is 0 Å². The summed E-state index contributed by atoms with van der Waals surface area (Å²) in [6.07, 6.45) is 2.74. The van der Waals surface area contributed by atoms with Crippen LogP contribution in [-0.2, 0) is 4.79 Å². The third kappa shape index (κ3) is 3.25. The zero-order valence-electron chi connectivity index (χ0n) is 12.9. The van der Waals surface area contributed by atoms with Gasteiger partial charge in [-0.15, -0.1) is 0 Å². The Balaban J connectivity index is 2.42. The van der Waals surface area contributed by atoms with Gasteiger partial charge >= 0.3 is 5.97 Å². The first-order chi connectivity index (χ1) is 9.86. The first-order valence-electron chi connectivity index (χ1n) is 7.63. The Kier molecular flexibility index (Phi) is 4.97. The van der Waals surface area contributed by atoms with Gasteiger partial charge in [-0.3, -0.25) is 0 Å². The molecule has 116 valence electrons. The molecule has 1 aliphatic carbocycles. The van der Waals surface area contributed by atoms with Crippen molar-refractivity contribution in [3.05, 3.63) is 28.7 Å². The van der Waals surface area contributed by atoms with Gasteiger partial charge in [-0.25, -0.2) is 4.79 Å². The van der Waals surface area contributed by atoms with Crippen LogP contribution >= 0.6 is 15.9 Å². The number of benzene rings is 1. The van der Waals surface area contributed by atoms with Crippen LogP contribution in [0.25, 0.3) is 0 Å². The first-order valence-corrected chi connectivity index (χ1v) is 8.42. The van der Waals surface area contributed by atoms with Crippen LogP contribution < -0.4 is 5.32 Å². The molecular weight excluding hydrogens is 330 g/mol. The molecule has 21 heavy (non-hydrogen) atoms. The Hall–Kier alpha value is -1.03. The fourth-order valence-electron chi connectivity index (χ4n) is 3.66. The normalized spacial score (nSPS) is 29.4. The summed E-state index contributed by atoms with van der Waals surface area (Å²) < 4.78 is 0.909. The van der Waals surface area contributed by atoms with E-state index in [1.807, 2.05) is 24.3 Å². The number of carboxylic acids is 1. The van der Waals surface area contributed by atoms with Gasteiger partial charge in [0.2, 0.25) is 0 Å². The highest BCUT2D eigenvalue weighted by molar-refractivity contribution is 9.10. The Labute approximate surface area is 135 Å². The zero-order chi connectivity index (χ0) is 15.6. The smallest absolute Gasteiger partial charge is 0.329 e. The summed E-state index contributed by atoms with van der Waals surface area (Å²) in [7, 11) is 0. The monoisotopic (exact) mass is 353 g/mol. The maximum absolute atomic E-state index is 12.2. The number of nitrogens with one attached hydrogen (secondary N) is 1. The molecule has 0 saturated heterocycles. The van der Waals surface area contributed by atoms with Crippen LogP contribution in [0.2, 0.25) is 0 Å². The van der Waals surface area contributed by atoms with E-state index >= 15 is 0 Å². The van der Waals surface area contributed by atoms with Crippen LogP contribution in [0.15, 0.2) is 28.7 Å². The minimum atomic E-state index is -0.879. The Morgan fingerprint density at radius 3 is 2.62 bits per heavy atom. The molecule has 2 N–H and O–H groups in total. The second kappa shape index (κ2) is 6.39. The predicted octanol–water partition coefficient (Wildman–Crippen LogP) is 4.78. The summed E-state index contributed by atoms with van der Waals surface area (Å²) >= 11 is 3.51. The van der Waals surface area contributed by atoms with E-state index in [4.69, 9.17) is 0 Å². The van der Waals surface area contributed by atoms with E-state index in [1.165, 1.54) is 0 Å². The molecule has 3 nitrogen and oxygen atoms in total. The largest absolute Gasteiger partial charge is 0.479 e. The van der Waals surface area contributed by atoms with Crippen LogP contribution in [0, 0.1) is 17.8 Å². The van der Waals surface area contributed by atoms with Gasteiger partial charge in [-0.2, -0.15) is 0 Å².